The third kappa shape index (κ3) is 6.77. The lowest BCUT2D eigenvalue weighted by Gasteiger charge is -2.17. The number of nitrogens with one attached hydrogen (secondary N) is 1. The van der Waals surface area contributed by atoms with Crippen LogP contribution in [0, 0.1) is 0 Å². The van der Waals surface area contributed by atoms with E-state index in [2.05, 4.69) is 5.32 Å². The lowest BCUT2D eigenvalue weighted by molar-refractivity contribution is -0.151. The lowest BCUT2D eigenvalue weighted by Crippen LogP contribution is -2.39. The third-order valence-electron chi connectivity index (χ3n) is 3.83. The lowest BCUT2D eigenvalue weighted by atomic mass is 10.1. The number of rotatable bonds is 8. The van der Waals surface area contributed by atoms with Gasteiger partial charge in [0.1, 0.15) is 18.4 Å². The SMILES string of the molecule is CC(NCc1cc(Cl)cc(COc2ccccc2CC(=O)O)c1)C(F)(F)F. The van der Waals surface area contributed by atoms with Crippen LogP contribution in [0.2, 0.25) is 5.02 Å². The van der Waals surface area contributed by atoms with Crippen molar-refractivity contribution in [3.63, 3.8) is 0 Å². The largest absolute Gasteiger partial charge is 0.489 e. The number of alkyl halides is 3. The summed E-state index contributed by atoms with van der Waals surface area (Å²) in [5.74, 6) is -0.536. The van der Waals surface area contributed by atoms with E-state index in [1.165, 1.54) is 0 Å². The molecule has 0 amide bonds. The van der Waals surface area contributed by atoms with Crippen molar-refractivity contribution in [2.24, 2.45) is 0 Å². The first-order chi connectivity index (χ1) is 12.6. The van der Waals surface area contributed by atoms with Gasteiger partial charge in [-0.25, -0.2) is 0 Å². The van der Waals surface area contributed by atoms with E-state index < -0.39 is 18.2 Å². The Hall–Kier alpha value is -2.25. The van der Waals surface area contributed by atoms with Crippen molar-refractivity contribution >= 4 is 17.6 Å². The molecule has 0 aromatic heterocycles. The van der Waals surface area contributed by atoms with Crippen LogP contribution in [0.25, 0.3) is 0 Å². The zero-order valence-electron chi connectivity index (χ0n) is 14.5. The summed E-state index contributed by atoms with van der Waals surface area (Å²) in [6.45, 7) is 1.16. The minimum atomic E-state index is -4.32. The standard InChI is InChI=1S/C19H19ClF3NO3/c1-12(19(21,22)23)24-10-13-6-14(8-16(20)7-13)11-27-17-5-3-2-4-15(17)9-18(25)26/h2-8,12,24H,9-11H2,1H3,(H,25,26). The molecule has 0 radical (unpaired) electrons. The molecular formula is C19H19ClF3NO3. The van der Waals surface area contributed by atoms with E-state index in [1.807, 2.05) is 0 Å². The number of carboxylic acids is 1. The molecule has 146 valence electrons. The fourth-order valence-electron chi connectivity index (χ4n) is 2.40. The van der Waals surface area contributed by atoms with Crippen molar-refractivity contribution in [3.8, 4) is 5.75 Å². The van der Waals surface area contributed by atoms with Crippen molar-refractivity contribution < 1.29 is 27.8 Å². The van der Waals surface area contributed by atoms with Gasteiger partial charge in [0.05, 0.1) is 6.42 Å². The number of carboxylic acid groups (broad SMARTS) is 1. The van der Waals surface area contributed by atoms with Gasteiger partial charge in [0.25, 0.3) is 0 Å². The molecular weight excluding hydrogens is 383 g/mol. The van der Waals surface area contributed by atoms with Gasteiger partial charge in [-0.05, 0) is 36.2 Å². The number of hydrogen-bond acceptors (Lipinski definition) is 3. The van der Waals surface area contributed by atoms with Gasteiger partial charge in [0.2, 0.25) is 0 Å². The van der Waals surface area contributed by atoms with Gasteiger partial charge in [-0.3, -0.25) is 4.79 Å². The summed E-state index contributed by atoms with van der Waals surface area (Å²) in [7, 11) is 0. The highest BCUT2D eigenvalue weighted by atomic mass is 35.5. The molecule has 0 saturated carbocycles. The molecule has 0 fully saturated rings. The zero-order chi connectivity index (χ0) is 20.0. The van der Waals surface area contributed by atoms with Crippen LogP contribution in [0.5, 0.6) is 5.75 Å². The van der Waals surface area contributed by atoms with Crippen molar-refractivity contribution in [2.45, 2.75) is 38.7 Å². The predicted octanol–water partition coefficient (Wildman–Crippen LogP) is 4.59. The molecule has 0 aliphatic heterocycles. The van der Waals surface area contributed by atoms with Crippen LogP contribution in [0.4, 0.5) is 13.2 Å². The van der Waals surface area contributed by atoms with Crippen molar-refractivity contribution in [3.05, 3.63) is 64.2 Å². The van der Waals surface area contributed by atoms with Crippen LogP contribution in [0.15, 0.2) is 42.5 Å². The van der Waals surface area contributed by atoms with Gasteiger partial charge in [-0.2, -0.15) is 13.2 Å². The molecule has 8 heteroatoms. The van der Waals surface area contributed by atoms with E-state index in [4.69, 9.17) is 21.4 Å². The highest BCUT2D eigenvalue weighted by Gasteiger charge is 2.35. The highest BCUT2D eigenvalue weighted by Crippen LogP contribution is 2.23. The molecule has 2 N–H and O–H groups in total. The molecule has 0 saturated heterocycles. The van der Waals surface area contributed by atoms with Crippen molar-refractivity contribution in [2.75, 3.05) is 0 Å². The Morgan fingerprint density at radius 1 is 1.22 bits per heavy atom. The van der Waals surface area contributed by atoms with E-state index in [1.54, 1.807) is 42.5 Å². The fraction of sp³-hybridized carbons (Fsp3) is 0.316. The number of ether oxygens (including phenoxy) is 1. The summed E-state index contributed by atoms with van der Waals surface area (Å²) in [5.41, 5.74) is 1.80. The Morgan fingerprint density at radius 3 is 2.56 bits per heavy atom. The Bertz CT molecular complexity index is 796. The molecule has 1 unspecified atom stereocenters. The summed E-state index contributed by atoms with van der Waals surface area (Å²) >= 11 is 6.05. The zero-order valence-corrected chi connectivity index (χ0v) is 15.3. The smallest absolute Gasteiger partial charge is 0.403 e. The van der Waals surface area contributed by atoms with Crippen molar-refractivity contribution in [1.82, 2.24) is 5.32 Å². The maximum absolute atomic E-state index is 12.6. The van der Waals surface area contributed by atoms with Gasteiger partial charge in [0, 0.05) is 17.1 Å². The second-order valence-electron chi connectivity index (χ2n) is 6.08. The average molecular weight is 402 g/mol. The maximum atomic E-state index is 12.6. The van der Waals surface area contributed by atoms with E-state index in [0.29, 0.717) is 27.5 Å². The summed E-state index contributed by atoms with van der Waals surface area (Å²) < 4.78 is 43.5. The Morgan fingerprint density at radius 2 is 1.89 bits per heavy atom. The second-order valence-corrected chi connectivity index (χ2v) is 6.52. The topological polar surface area (TPSA) is 58.6 Å². The predicted molar refractivity (Wildman–Crippen MR) is 95.9 cm³/mol. The normalized spacial score (nSPS) is 12.6. The van der Waals surface area contributed by atoms with Crippen LogP contribution in [-0.4, -0.2) is 23.3 Å². The molecule has 0 bridgehead atoms. The van der Waals surface area contributed by atoms with E-state index >= 15 is 0 Å². The van der Waals surface area contributed by atoms with Gasteiger partial charge >= 0.3 is 12.1 Å². The molecule has 4 nitrogen and oxygen atoms in total. The minimum absolute atomic E-state index is 0.00381. The van der Waals surface area contributed by atoms with E-state index in [0.717, 1.165) is 6.92 Å². The van der Waals surface area contributed by atoms with Gasteiger partial charge in [-0.15, -0.1) is 0 Å². The van der Waals surface area contributed by atoms with Crippen LogP contribution < -0.4 is 10.1 Å². The van der Waals surface area contributed by atoms with Crippen LogP contribution in [0.1, 0.15) is 23.6 Å². The number of carbonyl (C=O) groups is 1. The summed E-state index contributed by atoms with van der Waals surface area (Å²) in [5, 5.41) is 11.7. The molecule has 2 aromatic carbocycles. The molecule has 0 spiro atoms. The van der Waals surface area contributed by atoms with E-state index in [-0.39, 0.29) is 19.6 Å². The quantitative estimate of drug-likeness (QED) is 0.679. The van der Waals surface area contributed by atoms with Gasteiger partial charge < -0.3 is 15.2 Å². The fourth-order valence-corrected chi connectivity index (χ4v) is 2.68. The minimum Gasteiger partial charge on any atom is -0.489 e. The Kier molecular flexibility index (Phi) is 7.10. The van der Waals surface area contributed by atoms with Gasteiger partial charge in [-0.1, -0.05) is 35.9 Å². The number of halogens is 4. The molecule has 0 aliphatic carbocycles. The Labute approximate surface area is 159 Å². The summed E-state index contributed by atoms with van der Waals surface area (Å²) in [6.07, 6.45) is -4.49. The summed E-state index contributed by atoms with van der Waals surface area (Å²) in [6, 6.07) is 10.1. The second kappa shape index (κ2) is 9.10. The van der Waals surface area contributed by atoms with Crippen LogP contribution in [0.3, 0.4) is 0 Å². The Balaban J connectivity index is 2.05. The molecule has 1 atom stereocenters. The van der Waals surface area contributed by atoms with E-state index in [9.17, 15) is 18.0 Å². The summed E-state index contributed by atoms with van der Waals surface area (Å²) in [4.78, 5) is 10.9. The first kappa shape index (κ1) is 21.1. The molecule has 2 rings (SSSR count). The average Bonchev–Trinajstić information content (AvgIpc) is 2.57. The highest BCUT2D eigenvalue weighted by molar-refractivity contribution is 6.30. The molecule has 0 aliphatic rings. The maximum Gasteiger partial charge on any atom is 0.403 e. The number of benzene rings is 2. The monoisotopic (exact) mass is 401 g/mol. The number of hydrogen-bond donors (Lipinski definition) is 2. The van der Waals surface area contributed by atoms with Crippen molar-refractivity contribution in [1.29, 1.82) is 0 Å². The first-order valence-electron chi connectivity index (χ1n) is 8.16. The first-order valence-corrected chi connectivity index (χ1v) is 8.54. The number of aliphatic carboxylic acids is 1. The van der Waals surface area contributed by atoms with Crippen LogP contribution in [-0.2, 0) is 24.4 Å². The molecule has 0 heterocycles. The number of para-hydroxylation sites is 1. The molecule has 27 heavy (non-hydrogen) atoms. The van der Waals surface area contributed by atoms with Gasteiger partial charge in [0.15, 0.2) is 0 Å². The van der Waals surface area contributed by atoms with Crippen LogP contribution >= 0.6 is 11.6 Å². The molecule has 2 aromatic rings. The third-order valence-corrected chi connectivity index (χ3v) is 4.05.